The van der Waals surface area contributed by atoms with Crippen LogP contribution in [0.3, 0.4) is 0 Å². The molecule has 0 fully saturated rings. The SMILES string of the molecule is N[C@@H](Cc1ccccc1)C(=O)N[C@@H]([C]=O)Cc1cccnc1. The molecular formula is C17H18N3O2. The highest BCUT2D eigenvalue weighted by Gasteiger charge is 2.19. The second-order valence-corrected chi connectivity index (χ2v) is 5.04. The van der Waals surface area contributed by atoms with Gasteiger partial charge in [0.1, 0.15) is 0 Å². The summed E-state index contributed by atoms with van der Waals surface area (Å²) in [5.41, 5.74) is 7.72. The first-order valence-corrected chi connectivity index (χ1v) is 7.05. The smallest absolute Gasteiger partial charge is 0.237 e. The molecule has 1 aromatic heterocycles. The third kappa shape index (κ3) is 4.79. The fraction of sp³-hybridized carbons (Fsp3) is 0.235. The lowest BCUT2D eigenvalue weighted by Gasteiger charge is -2.16. The molecule has 0 saturated carbocycles. The number of hydrogen-bond acceptors (Lipinski definition) is 4. The second-order valence-electron chi connectivity index (χ2n) is 5.04. The van der Waals surface area contributed by atoms with Crippen molar-refractivity contribution in [3.63, 3.8) is 0 Å². The van der Waals surface area contributed by atoms with E-state index in [4.69, 9.17) is 5.73 Å². The minimum atomic E-state index is -0.724. The Kier molecular flexibility index (Phi) is 5.80. The second kappa shape index (κ2) is 8.05. The van der Waals surface area contributed by atoms with Gasteiger partial charge in [-0.05, 0) is 23.6 Å². The summed E-state index contributed by atoms with van der Waals surface area (Å²) in [7, 11) is 0. The molecule has 5 nitrogen and oxygen atoms in total. The van der Waals surface area contributed by atoms with E-state index in [9.17, 15) is 9.59 Å². The zero-order valence-electron chi connectivity index (χ0n) is 12.1. The van der Waals surface area contributed by atoms with Crippen LogP contribution in [0.15, 0.2) is 54.9 Å². The lowest BCUT2D eigenvalue weighted by molar-refractivity contribution is -0.122. The van der Waals surface area contributed by atoms with Crippen LogP contribution >= 0.6 is 0 Å². The van der Waals surface area contributed by atoms with E-state index in [1.54, 1.807) is 18.5 Å². The van der Waals surface area contributed by atoms with Gasteiger partial charge in [-0.1, -0.05) is 36.4 Å². The number of nitrogens with zero attached hydrogens (tertiary/aromatic N) is 1. The third-order valence-corrected chi connectivity index (χ3v) is 3.26. The largest absolute Gasteiger partial charge is 0.344 e. The predicted octanol–water partition coefficient (Wildman–Crippen LogP) is 0.789. The summed E-state index contributed by atoms with van der Waals surface area (Å²) in [5.74, 6) is -0.360. The first-order valence-electron chi connectivity index (χ1n) is 7.05. The third-order valence-electron chi connectivity index (χ3n) is 3.26. The molecule has 0 saturated heterocycles. The molecular weight excluding hydrogens is 278 g/mol. The number of nitrogens with one attached hydrogen (secondary N) is 1. The Balaban J connectivity index is 1.90. The van der Waals surface area contributed by atoms with Crippen LogP contribution in [-0.2, 0) is 22.4 Å². The van der Waals surface area contributed by atoms with Crippen molar-refractivity contribution >= 4 is 12.2 Å². The molecule has 0 aliphatic heterocycles. The molecule has 22 heavy (non-hydrogen) atoms. The van der Waals surface area contributed by atoms with E-state index in [1.807, 2.05) is 42.7 Å². The van der Waals surface area contributed by atoms with E-state index in [0.717, 1.165) is 11.1 Å². The quantitative estimate of drug-likeness (QED) is 0.791. The molecule has 2 atom stereocenters. The number of pyridine rings is 1. The summed E-state index contributed by atoms with van der Waals surface area (Å²) < 4.78 is 0. The van der Waals surface area contributed by atoms with Crippen LogP contribution in [0.25, 0.3) is 0 Å². The van der Waals surface area contributed by atoms with Crippen LogP contribution < -0.4 is 11.1 Å². The van der Waals surface area contributed by atoms with Crippen LogP contribution in [0.1, 0.15) is 11.1 Å². The van der Waals surface area contributed by atoms with Gasteiger partial charge in [0.2, 0.25) is 12.2 Å². The van der Waals surface area contributed by atoms with Crippen molar-refractivity contribution in [1.29, 1.82) is 0 Å². The number of nitrogens with two attached hydrogens (primary N) is 1. The van der Waals surface area contributed by atoms with Crippen molar-refractivity contribution in [3.8, 4) is 0 Å². The summed E-state index contributed by atoms with van der Waals surface area (Å²) in [6.45, 7) is 0. The number of carbonyl (C=O) groups is 1. The van der Waals surface area contributed by atoms with Crippen molar-refractivity contribution in [1.82, 2.24) is 10.3 Å². The Bertz CT molecular complexity index is 602. The first-order chi connectivity index (χ1) is 10.7. The van der Waals surface area contributed by atoms with E-state index in [-0.39, 0.29) is 5.91 Å². The molecule has 2 aromatic rings. The summed E-state index contributed by atoms with van der Waals surface area (Å²) >= 11 is 0. The van der Waals surface area contributed by atoms with Crippen LogP contribution in [0.4, 0.5) is 0 Å². The Morgan fingerprint density at radius 2 is 1.86 bits per heavy atom. The molecule has 2 rings (SSSR count). The number of amides is 1. The maximum Gasteiger partial charge on any atom is 0.237 e. The zero-order valence-corrected chi connectivity index (χ0v) is 12.1. The molecule has 5 heteroatoms. The van der Waals surface area contributed by atoms with Gasteiger partial charge in [0.25, 0.3) is 0 Å². The van der Waals surface area contributed by atoms with Gasteiger partial charge >= 0.3 is 0 Å². The van der Waals surface area contributed by atoms with Gasteiger partial charge < -0.3 is 11.1 Å². The first kappa shape index (κ1) is 15.9. The van der Waals surface area contributed by atoms with Gasteiger partial charge in [-0.2, -0.15) is 0 Å². The number of benzene rings is 1. The van der Waals surface area contributed by atoms with Crippen molar-refractivity contribution in [2.75, 3.05) is 0 Å². The molecule has 1 amide bonds. The summed E-state index contributed by atoms with van der Waals surface area (Å²) in [6, 6.07) is 11.7. The Morgan fingerprint density at radius 3 is 2.50 bits per heavy atom. The summed E-state index contributed by atoms with van der Waals surface area (Å²) in [6.07, 6.45) is 5.91. The molecule has 3 N–H and O–H groups in total. The van der Waals surface area contributed by atoms with Gasteiger partial charge in [0.15, 0.2) is 0 Å². The van der Waals surface area contributed by atoms with E-state index in [2.05, 4.69) is 10.3 Å². The zero-order chi connectivity index (χ0) is 15.8. The molecule has 0 aliphatic carbocycles. The van der Waals surface area contributed by atoms with Gasteiger partial charge in [-0.15, -0.1) is 0 Å². The number of rotatable bonds is 7. The highest BCUT2D eigenvalue weighted by molar-refractivity contribution is 5.84. The van der Waals surface area contributed by atoms with Gasteiger partial charge in [-0.3, -0.25) is 14.6 Å². The Labute approximate surface area is 129 Å². The Hall–Kier alpha value is -2.53. The van der Waals surface area contributed by atoms with E-state index < -0.39 is 12.1 Å². The average Bonchev–Trinajstić information content (AvgIpc) is 2.56. The van der Waals surface area contributed by atoms with Crippen LogP contribution in [-0.4, -0.2) is 29.3 Å². The lowest BCUT2D eigenvalue weighted by atomic mass is 10.0. The molecule has 0 unspecified atom stereocenters. The van der Waals surface area contributed by atoms with E-state index >= 15 is 0 Å². The fourth-order valence-corrected chi connectivity index (χ4v) is 2.12. The van der Waals surface area contributed by atoms with Crippen molar-refractivity contribution in [2.24, 2.45) is 5.73 Å². The van der Waals surface area contributed by atoms with Gasteiger partial charge in [-0.25, -0.2) is 0 Å². The highest BCUT2D eigenvalue weighted by Crippen LogP contribution is 2.03. The predicted molar refractivity (Wildman–Crippen MR) is 83.7 cm³/mol. The molecule has 0 aliphatic rings. The maximum absolute atomic E-state index is 12.1. The van der Waals surface area contributed by atoms with Crippen LogP contribution in [0, 0.1) is 0 Å². The average molecular weight is 296 g/mol. The molecule has 1 radical (unpaired) electrons. The summed E-state index contributed by atoms with van der Waals surface area (Å²) in [4.78, 5) is 27.1. The highest BCUT2D eigenvalue weighted by atomic mass is 16.2. The Morgan fingerprint density at radius 1 is 1.14 bits per heavy atom. The fourth-order valence-electron chi connectivity index (χ4n) is 2.12. The molecule has 113 valence electrons. The number of hydrogen-bond donors (Lipinski definition) is 2. The van der Waals surface area contributed by atoms with Gasteiger partial charge in [0, 0.05) is 18.8 Å². The van der Waals surface area contributed by atoms with E-state index in [1.165, 1.54) is 0 Å². The lowest BCUT2D eigenvalue weighted by Crippen LogP contribution is -2.47. The van der Waals surface area contributed by atoms with Crippen LogP contribution in [0.2, 0.25) is 0 Å². The summed E-state index contributed by atoms with van der Waals surface area (Å²) in [5, 5.41) is 2.62. The van der Waals surface area contributed by atoms with E-state index in [0.29, 0.717) is 12.8 Å². The normalized spacial score (nSPS) is 13.1. The topological polar surface area (TPSA) is 85.1 Å². The van der Waals surface area contributed by atoms with Crippen LogP contribution in [0.5, 0.6) is 0 Å². The standard InChI is InChI=1S/C17H18N3O2/c18-16(10-13-5-2-1-3-6-13)17(22)20-15(12-21)9-14-7-4-8-19-11-14/h1-8,11,15-16H,9-10,18H2,(H,20,22)/t15-,16+/m1/s1. The minimum absolute atomic E-state index is 0.348. The van der Waals surface area contributed by atoms with Gasteiger partial charge in [0.05, 0.1) is 12.1 Å². The van der Waals surface area contributed by atoms with Crippen molar-refractivity contribution < 1.29 is 9.59 Å². The molecule has 1 heterocycles. The molecule has 0 spiro atoms. The van der Waals surface area contributed by atoms with Crippen molar-refractivity contribution in [3.05, 3.63) is 66.0 Å². The molecule has 0 bridgehead atoms. The monoisotopic (exact) mass is 296 g/mol. The number of carbonyl (C=O) groups excluding carboxylic acids is 2. The number of aromatic nitrogens is 1. The minimum Gasteiger partial charge on any atom is -0.344 e. The molecule has 1 aromatic carbocycles. The maximum atomic E-state index is 12.1. The van der Waals surface area contributed by atoms with Crippen molar-refractivity contribution in [2.45, 2.75) is 24.9 Å².